The molecule has 0 aliphatic carbocycles. The molecule has 7 heteroatoms. The number of hydrogen-bond donors (Lipinski definition) is 2. The molecule has 1 aromatic rings. The van der Waals surface area contributed by atoms with Crippen LogP contribution >= 0.6 is 0 Å². The summed E-state index contributed by atoms with van der Waals surface area (Å²) in [6.45, 7) is 0. The molecule has 0 fully saturated rings. The highest BCUT2D eigenvalue weighted by Crippen LogP contribution is 2.20. The molecule has 1 aromatic carbocycles. The van der Waals surface area contributed by atoms with E-state index in [4.69, 9.17) is 10.2 Å². The van der Waals surface area contributed by atoms with Crippen LogP contribution in [0.5, 0.6) is 0 Å². The Hall–Kier alpha value is -2.05. The molecule has 0 saturated carbocycles. The fraction of sp³-hybridized carbons (Fsp3) is 0. The summed E-state index contributed by atoms with van der Waals surface area (Å²) < 4.78 is 38.5. The fourth-order valence-electron chi connectivity index (χ4n) is 0.947. The van der Waals surface area contributed by atoms with Crippen molar-refractivity contribution < 1.29 is 33.0 Å². The van der Waals surface area contributed by atoms with Crippen LogP contribution < -0.4 is 0 Å². The maximum absolute atomic E-state index is 13.0. The summed E-state index contributed by atoms with van der Waals surface area (Å²) in [7, 11) is 0. The van der Waals surface area contributed by atoms with Crippen LogP contribution in [0.25, 0.3) is 0 Å². The number of hydrogen-bond acceptors (Lipinski definition) is 2. The SMILES string of the molecule is O=C(O)c1cc(F)c(F)c(C(=O)O)c1F. The standard InChI is InChI=1S/C8H3F3O4/c9-3-1-2(7(12)13)5(10)4(6(3)11)8(14)15/h1H,(H,12,13)(H,14,15). The summed E-state index contributed by atoms with van der Waals surface area (Å²) in [6, 6.07) is 0.0828. The van der Waals surface area contributed by atoms with E-state index in [-0.39, 0.29) is 6.07 Å². The molecule has 15 heavy (non-hydrogen) atoms. The second-order valence-electron chi connectivity index (χ2n) is 2.52. The molecule has 0 aliphatic heterocycles. The summed E-state index contributed by atoms with van der Waals surface area (Å²) in [6.07, 6.45) is 0. The van der Waals surface area contributed by atoms with Gasteiger partial charge in [0.15, 0.2) is 17.5 Å². The van der Waals surface area contributed by atoms with Gasteiger partial charge in [0.2, 0.25) is 0 Å². The van der Waals surface area contributed by atoms with Crippen molar-refractivity contribution in [1.29, 1.82) is 0 Å². The average Bonchev–Trinajstić information content (AvgIpc) is 2.10. The monoisotopic (exact) mass is 220 g/mol. The van der Waals surface area contributed by atoms with Gasteiger partial charge in [0, 0.05) is 0 Å². The number of benzene rings is 1. The van der Waals surface area contributed by atoms with Gasteiger partial charge in [0.1, 0.15) is 5.56 Å². The van der Waals surface area contributed by atoms with Gasteiger partial charge < -0.3 is 10.2 Å². The topological polar surface area (TPSA) is 74.6 Å². The molecule has 0 aliphatic rings. The maximum atomic E-state index is 13.0. The first-order valence-corrected chi connectivity index (χ1v) is 3.50. The van der Waals surface area contributed by atoms with E-state index in [9.17, 15) is 22.8 Å². The molecule has 0 amide bonds. The van der Waals surface area contributed by atoms with Crippen molar-refractivity contribution in [2.24, 2.45) is 0 Å². The van der Waals surface area contributed by atoms with Crippen LogP contribution in [0.2, 0.25) is 0 Å². The van der Waals surface area contributed by atoms with Crippen molar-refractivity contribution in [2.45, 2.75) is 0 Å². The molecular weight excluding hydrogens is 217 g/mol. The first kappa shape index (κ1) is 11.0. The molecule has 0 unspecified atom stereocenters. The van der Waals surface area contributed by atoms with Crippen LogP contribution in [0, 0.1) is 17.5 Å². The zero-order valence-electron chi connectivity index (χ0n) is 6.92. The molecule has 2 N–H and O–H groups in total. The van der Waals surface area contributed by atoms with E-state index in [2.05, 4.69) is 0 Å². The van der Waals surface area contributed by atoms with Gasteiger partial charge in [-0.1, -0.05) is 0 Å². The van der Waals surface area contributed by atoms with Gasteiger partial charge in [0.25, 0.3) is 0 Å². The van der Waals surface area contributed by atoms with Crippen molar-refractivity contribution in [2.75, 3.05) is 0 Å². The smallest absolute Gasteiger partial charge is 0.341 e. The van der Waals surface area contributed by atoms with Crippen LogP contribution in [-0.4, -0.2) is 22.2 Å². The maximum Gasteiger partial charge on any atom is 0.341 e. The van der Waals surface area contributed by atoms with Crippen molar-refractivity contribution in [3.05, 3.63) is 34.6 Å². The van der Waals surface area contributed by atoms with Gasteiger partial charge in [-0.25, -0.2) is 22.8 Å². The Morgan fingerprint density at radius 1 is 1.00 bits per heavy atom. The highest BCUT2D eigenvalue weighted by atomic mass is 19.2. The number of carboxylic acids is 2. The molecule has 0 bridgehead atoms. The van der Waals surface area contributed by atoms with E-state index >= 15 is 0 Å². The zero-order chi connectivity index (χ0) is 11.7. The largest absolute Gasteiger partial charge is 0.478 e. The zero-order valence-corrected chi connectivity index (χ0v) is 6.92. The summed E-state index contributed by atoms with van der Waals surface area (Å²) in [5.74, 6) is -9.43. The average molecular weight is 220 g/mol. The first-order valence-electron chi connectivity index (χ1n) is 3.50. The van der Waals surface area contributed by atoms with Crippen molar-refractivity contribution in [3.8, 4) is 0 Å². The van der Waals surface area contributed by atoms with E-state index in [0.29, 0.717) is 0 Å². The first-order chi connectivity index (χ1) is 6.86. The van der Waals surface area contributed by atoms with Crippen molar-refractivity contribution >= 4 is 11.9 Å². The highest BCUT2D eigenvalue weighted by molar-refractivity contribution is 5.94. The second kappa shape index (κ2) is 3.60. The summed E-state index contributed by atoms with van der Waals surface area (Å²) in [5.41, 5.74) is -2.85. The molecule has 0 spiro atoms. The molecule has 0 heterocycles. The van der Waals surface area contributed by atoms with Gasteiger partial charge >= 0.3 is 11.9 Å². The van der Waals surface area contributed by atoms with Gasteiger partial charge in [-0.15, -0.1) is 0 Å². The quantitative estimate of drug-likeness (QED) is 0.740. The molecular formula is C8H3F3O4. The number of halogens is 3. The van der Waals surface area contributed by atoms with Crippen molar-refractivity contribution in [1.82, 2.24) is 0 Å². The van der Waals surface area contributed by atoms with E-state index in [1.54, 1.807) is 0 Å². The molecule has 4 nitrogen and oxygen atoms in total. The second-order valence-corrected chi connectivity index (χ2v) is 2.52. The molecule has 0 atom stereocenters. The number of rotatable bonds is 2. The predicted octanol–water partition coefficient (Wildman–Crippen LogP) is 1.50. The van der Waals surface area contributed by atoms with Crippen LogP contribution in [0.15, 0.2) is 6.07 Å². The summed E-state index contributed by atoms with van der Waals surface area (Å²) in [5, 5.41) is 16.7. The van der Waals surface area contributed by atoms with E-state index in [1.165, 1.54) is 0 Å². The lowest BCUT2D eigenvalue weighted by molar-refractivity contribution is 0.0681. The van der Waals surface area contributed by atoms with Crippen molar-refractivity contribution in [3.63, 3.8) is 0 Å². The molecule has 0 radical (unpaired) electrons. The Labute approximate surface area is 80.6 Å². The van der Waals surface area contributed by atoms with Gasteiger partial charge in [-0.05, 0) is 6.07 Å². The Morgan fingerprint density at radius 2 is 1.53 bits per heavy atom. The van der Waals surface area contributed by atoms with Crippen LogP contribution in [0.3, 0.4) is 0 Å². The minimum Gasteiger partial charge on any atom is -0.478 e. The lowest BCUT2D eigenvalue weighted by Crippen LogP contribution is -2.12. The molecule has 0 aromatic heterocycles. The normalized spacial score (nSPS) is 10.1. The van der Waals surface area contributed by atoms with Gasteiger partial charge in [0.05, 0.1) is 5.56 Å². The minimum atomic E-state index is -2.08. The number of carboxylic acid groups (broad SMARTS) is 2. The van der Waals surface area contributed by atoms with E-state index in [0.717, 1.165) is 0 Å². The molecule has 1 rings (SSSR count). The van der Waals surface area contributed by atoms with Crippen LogP contribution in [0.1, 0.15) is 20.7 Å². The Morgan fingerprint density at radius 3 is 1.93 bits per heavy atom. The van der Waals surface area contributed by atoms with E-state index < -0.39 is 40.5 Å². The Kier molecular flexibility index (Phi) is 2.65. The predicted molar refractivity (Wildman–Crippen MR) is 40.2 cm³/mol. The van der Waals surface area contributed by atoms with E-state index in [1.807, 2.05) is 0 Å². The van der Waals surface area contributed by atoms with Crippen LogP contribution in [0.4, 0.5) is 13.2 Å². The third-order valence-electron chi connectivity index (χ3n) is 1.60. The number of carbonyl (C=O) groups is 2. The molecule has 80 valence electrons. The van der Waals surface area contributed by atoms with Gasteiger partial charge in [-0.2, -0.15) is 0 Å². The lowest BCUT2D eigenvalue weighted by Gasteiger charge is -2.03. The minimum absolute atomic E-state index is 0.0828. The fourth-order valence-corrected chi connectivity index (χ4v) is 0.947. The Bertz CT molecular complexity index is 456. The summed E-state index contributed by atoms with van der Waals surface area (Å²) >= 11 is 0. The van der Waals surface area contributed by atoms with Crippen LogP contribution in [-0.2, 0) is 0 Å². The summed E-state index contributed by atoms with van der Waals surface area (Å²) in [4.78, 5) is 20.7. The highest BCUT2D eigenvalue weighted by Gasteiger charge is 2.26. The van der Waals surface area contributed by atoms with Gasteiger partial charge in [-0.3, -0.25) is 0 Å². The number of aromatic carboxylic acids is 2. The third-order valence-corrected chi connectivity index (χ3v) is 1.60. The Balaban J connectivity index is 3.63. The lowest BCUT2D eigenvalue weighted by atomic mass is 10.1. The third kappa shape index (κ3) is 1.76. The molecule has 0 saturated heterocycles.